The summed E-state index contributed by atoms with van der Waals surface area (Å²) in [7, 11) is 0. The summed E-state index contributed by atoms with van der Waals surface area (Å²) in [5.41, 5.74) is 2.00. The molecule has 0 radical (unpaired) electrons. The van der Waals surface area contributed by atoms with Crippen molar-refractivity contribution < 1.29 is 18.3 Å². The molecule has 0 aliphatic heterocycles. The van der Waals surface area contributed by atoms with E-state index in [1.807, 2.05) is 19.1 Å². The van der Waals surface area contributed by atoms with Gasteiger partial charge in [-0.3, -0.25) is 9.20 Å². The third kappa shape index (κ3) is 4.14. The van der Waals surface area contributed by atoms with Crippen molar-refractivity contribution in [3.8, 4) is 11.8 Å². The summed E-state index contributed by atoms with van der Waals surface area (Å²) in [5, 5.41) is 12.2. The Morgan fingerprint density at radius 1 is 1.16 bits per heavy atom. The molecule has 1 amide bonds. The number of carbonyl (C=O) groups is 1. The van der Waals surface area contributed by atoms with Gasteiger partial charge in [0.1, 0.15) is 30.0 Å². The normalized spacial score (nSPS) is 11.7. The Morgan fingerprint density at radius 3 is 2.56 bits per heavy atom. The van der Waals surface area contributed by atoms with Crippen LogP contribution in [0.5, 0.6) is 5.75 Å². The van der Waals surface area contributed by atoms with Crippen molar-refractivity contribution >= 4 is 11.6 Å². The first-order valence-electron chi connectivity index (χ1n) is 9.76. The number of nitrogens with zero attached hydrogens (tertiary/aromatic N) is 3. The van der Waals surface area contributed by atoms with E-state index in [1.54, 1.807) is 30.5 Å². The lowest BCUT2D eigenvalue weighted by molar-refractivity contribution is 0.0939. The van der Waals surface area contributed by atoms with E-state index >= 15 is 0 Å². The summed E-state index contributed by atoms with van der Waals surface area (Å²) in [5.74, 6) is -1.66. The Morgan fingerprint density at radius 2 is 1.88 bits per heavy atom. The number of hydrogen-bond acceptors (Lipinski definition) is 4. The van der Waals surface area contributed by atoms with Crippen LogP contribution in [0.4, 0.5) is 8.78 Å². The molecule has 4 rings (SSSR count). The van der Waals surface area contributed by atoms with Crippen LogP contribution >= 0.6 is 0 Å². The average Bonchev–Trinajstić information content (AvgIpc) is 3.23. The first-order chi connectivity index (χ1) is 15.5. The summed E-state index contributed by atoms with van der Waals surface area (Å²) in [6.07, 6.45) is 2.96. The van der Waals surface area contributed by atoms with E-state index in [9.17, 15) is 18.8 Å². The predicted molar refractivity (Wildman–Crippen MR) is 113 cm³/mol. The fourth-order valence-electron chi connectivity index (χ4n) is 3.24. The number of hydrogen-bond donors (Lipinski definition) is 1. The standard InChI is InChI=1S/C24H18F2N4O2/c1-15-7-9-16(10-8-15)20(12-27)29-24(31)21-13-28-23-22(6-3-11-30(21)23)32-14-17-18(25)4-2-5-19(17)26/h2-11,13,20H,14H2,1H3,(H,29,31). The monoisotopic (exact) mass is 432 g/mol. The second kappa shape index (κ2) is 8.86. The maximum atomic E-state index is 13.9. The molecule has 0 saturated carbocycles. The third-order valence-corrected chi connectivity index (χ3v) is 4.98. The summed E-state index contributed by atoms with van der Waals surface area (Å²) >= 11 is 0. The molecule has 32 heavy (non-hydrogen) atoms. The van der Waals surface area contributed by atoms with E-state index in [0.29, 0.717) is 11.2 Å². The number of fused-ring (bicyclic) bond motifs is 1. The zero-order valence-corrected chi connectivity index (χ0v) is 17.0. The highest BCUT2D eigenvalue weighted by molar-refractivity contribution is 5.94. The van der Waals surface area contributed by atoms with Gasteiger partial charge in [0, 0.05) is 6.20 Å². The van der Waals surface area contributed by atoms with E-state index in [-0.39, 0.29) is 23.6 Å². The molecule has 0 fully saturated rings. The van der Waals surface area contributed by atoms with E-state index in [4.69, 9.17) is 4.74 Å². The summed E-state index contributed by atoms with van der Waals surface area (Å²) in [6, 6.07) is 15.3. The number of aromatic nitrogens is 2. The van der Waals surface area contributed by atoms with Gasteiger partial charge >= 0.3 is 0 Å². The molecule has 0 bridgehead atoms. The van der Waals surface area contributed by atoms with Crippen molar-refractivity contribution in [1.29, 1.82) is 5.26 Å². The van der Waals surface area contributed by atoms with Gasteiger partial charge in [-0.1, -0.05) is 35.9 Å². The Kier molecular flexibility index (Phi) is 5.81. The van der Waals surface area contributed by atoms with Crippen molar-refractivity contribution in [2.24, 2.45) is 0 Å². The molecule has 8 heteroatoms. The molecule has 4 aromatic rings. The van der Waals surface area contributed by atoms with E-state index in [2.05, 4.69) is 16.4 Å². The highest BCUT2D eigenvalue weighted by Crippen LogP contribution is 2.23. The molecule has 0 aliphatic rings. The fraction of sp³-hybridized carbons (Fsp3) is 0.125. The number of rotatable bonds is 6. The van der Waals surface area contributed by atoms with Gasteiger partial charge in [0.15, 0.2) is 11.4 Å². The lowest BCUT2D eigenvalue weighted by atomic mass is 10.1. The molecule has 1 atom stereocenters. The highest BCUT2D eigenvalue weighted by Gasteiger charge is 2.20. The molecule has 160 valence electrons. The Bertz CT molecular complexity index is 1310. The molecule has 0 spiro atoms. The van der Waals surface area contributed by atoms with Crippen molar-refractivity contribution in [3.05, 3.63) is 101 Å². The van der Waals surface area contributed by atoms with Gasteiger partial charge in [-0.25, -0.2) is 13.8 Å². The summed E-state index contributed by atoms with van der Waals surface area (Å²) in [6.45, 7) is 1.60. The Labute approximate surface area is 182 Å². The average molecular weight is 432 g/mol. The first kappa shape index (κ1) is 21.0. The van der Waals surface area contributed by atoms with Crippen LogP contribution in [0.3, 0.4) is 0 Å². The van der Waals surface area contributed by atoms with Crippen LogP contribution in [0, 0.1) is 29.9 Å². The zero-order chi connectivity index (χ0) is 22.7. The lowest BCUT2D eigenvalue weighted by Gasteiger charge is -2.12. The van der Waals surface area contributed by atoms with Crippen LogP contribution in [0.1, 0.15) is 33.2 Å². The van der Waals surface area contributed by atoms with Crippen LogP contribution in [-0.2, 0) is 6.61 Å². The number of amides is 1. The smallest absolute Gasteiger partial charge is 0.271 e. The van der Waals surface area contributed by atoms with Gasteiger partial charge in [-0.15, -0.1) is 0 Å². The van der Waals surface area contributed by atoms with E-state index < -0.39 is 23.6 Å². The van der Waals surface area contributed by atoms with Crippen molar-refractivity contribution in [1.82, 2.24) is 14.7 Å². The second-order valence-corrected chi connectivity index (χ2v) is 7.14. The molecular formula is C24H18F2N4O2. The van der Waals surface area contributed by atoms with Crippen molar-refractivity contribution in [2.75, 3.05) is 0 Å². The molecule has 1 unspecified atom stereocenters. The molecule has 0 aliphatic carbocycles. The molecule has 6 nitrogen and oxygen atoms in total. The molecule has 2 aromatic heterocycles. The van der Waals surface area contributed by atoms with Gasteiger partial charge in [0.2, 0.25) is 0 Å². The number of nitrogens with one attached hydrogen (secondary N) is 1. The van der Waals surface area contributed by atoms with E-state index in [1.165, 1.54) is 16.7 Å². The van der Waals surface area contributed by atoms with Gasteiger partial charge in [-0.05, 0) is 36.8 Å². The van der Waals surface area contributed by atoms with Gasteiger partial charge < -0.3 is 10.1 Å². The largest absolute Gasteiger partial charge is 0.485 e. The minimum absolute atomic E-state index is 0.190. The number of aryl methyl sites for hydroxylation is 1. The molecule has 2 heterocycles. The molecule has 0 saturated heterocycles. The number of halogens is 2. The quantitative estimate of drug-likeness (QED) is 0.487. The van der Waals surface area contributed by atoms with Crippen molar-refractivity contribution in [2.45, 2.75) is 19.6 Å². The fourth-order valence-corrected chi connectivity index (χ4v) is 3.24. The minimum atomic E-state index is -0.836. The number of benzene rings is 2. The van der Waals surface area contributed by atoms with Crippen LogP contribution in [0.25, 0.3) is 5.65 Å². The number of ether oxygens (including phenoxy) is 1. The maximum absolute atomic E-state index is 13.9. The van der Waals surface area contributed by atoms with Gasteiger partial charge in [-0.2, -0.15) is 5.26 Å². The van der Waals surface area contributed by atoms with Gasteiger partial charge in [0.25, 0.3) is 5.91 Å². The molecule has 1 N–H and O–H groups in total. The summed E-state index contributed by atoms with van der Waals surface area (Å²) in [4.78, 5) is 17.1. The highest BCUT2D eigenvalue weighted by atomic mass is 19.1. The van der Waals surface area contributed by atoms with Crippen LogP contribution in [-0.4, -0.2) is 15.3 Å². The van der Waals surface area contributed by atoms with Crippen LogP contribution < -0.4 is 10.1 Å². The number of pyridine rings is 1. The minimum Gasteiger partial charge on any atom is -0.485 e. The molecular weight excluding hydrogens is 414 g/mol. The number of nitriles is 1. The predicted octanol–water partition coefficient (Wildman–Crippen LogP) is 4.49. The third-order valence-electron chi connectivity index (χ3n) is 4.98. The van der Waals surface area contributed by atoms with E-state index in [0.717, 1.165) is 17.7 Å². The second-order valence-electron chi connectivity index (χ2n) is 7.14. The van der Waals surface area contributed by atoms with Crippen LogP contribution in [0.15, 0.2) is 67.0 Å². The molecule has 2 aromatic carbocycles. The Hall–Kier alpha value is -4.25. The summed E-state index contributed by atoms with van der Waals surface area (Å²) < 4.78 is 34.8. The maximum Gasteiger partial charge on any atom is 0.271 e. The SMILES string of the molecule is Cc1ccc(C(C#N)NC(=O)c2cnc3c(OCc4c(F)cccc4F)cccn23)cc1. The Balaban J connectivity index is 1.56. The number of imidazole rings is 1. The van der Waals surface area contributed by atoms with Gasteiger partial charge in [0.05, 0.1) is 17.8 Å². The number of carbonyl (C=O) groups excluding carboxylic acids is 1. The first-order valence-corrected chi connectivity index (χ1v) is 9.76. The lowest BCUT2D eigenvalue weighted by Crippen LogP contribution is -2.28. The zero-order valence-electron chi connectivity index (χ0n) is 17.0. The van der Waals surface area contributed by atoms with Crippen molar-refractivity contribution in [3.63, 3.8) is 0 Å². The van der Waals surface area contributed by atoms with Crippen LogP contribution in [0.2, 0.25) is 0 Å². The topological polar surface area (TPSA) is 79.4 Å².